The number of hydrogen-bond donors (Lipinski definition) is 2. The molecule has 0 aromatic heterocycles. The van der Waals surface area contributed by atoms with Gasteiger partial charge in [0.25, 0.3) is 0 Å². The Morgan fingerprint density at radius 3 is 2.60 bits per heavy atom. The van der Waals surface area contributed by atoms with E-state index in [1.165, 1.54) is 13.0 Å². The lowest BCUT2D eigenvalue weighted by Crippen LogP contribution is -2.33. The third-order valence-electron chi connectivity index (χ3n) is 3.59. The van der Waals surface area contributed by atoms with Crippen LogP contribution >= 0.6 is 0 Å². The minimum absolute atomic E-state index is 0.125. The Bertz CT molecular complexity index is 560. The lowest BCUT2D eigenvalue weighted by Gasteiger charge is -2.15. The molecule has 0 radical (unpaired) electrons. The van der Waals surface area contributed by atoms with Gasteiger partial charge < -0.3 is 10.6 Å². The van der Waals surface area contributed by atoms with Crippen molar-refractivity contribution in [1.82, 2.24) is 9.62 Å². The summed E-state index contributed by atoms with van der Waals surface area (Å²) in [6.45, 7) is 4.52. The Morgan fingerprint density at radius 2 is 2.00 bits per heavy atom. The highest BCUT2D eigenvalue weighted by Crippen LogP contribution is 2.20. The van der Waals surface area contributed by atoms with E-state index < -0.39 is 15.8 Å². The highest BCUT2D eigenvalue weighted by Gasteiger charge is 2.18. The van der Waals surface area contributed by atoms with Crippen molar-refractivity contribution in [1.29, 1.82) is 0 Å². The van der Waals surface area contributed by atoms with Crippen molar-refractivity contribution >= 4 is 15.7 Å². The first kappa shape index (κ1) is 15.2. The molecule has 1 fully saturated rings. The van der Waals surface area contributed by atoms with E-state index in [0.717, 1.165) is 32.0 Å². The maximum absolute atomic E-state index is 13.6. The monoisotopic (exact) mass is 301 g/mol. The number of hydrogen-bond acceptors (Lipinski definition) is 4. The molecule has 0 saturated carbocycles. The molecule has 1 saturated heterocycles. The zero-order valence-corrected chi connectivity index (χ0v) is 12.3. The molecule has 3 N–H and O–H groups in total. The van der Waals surface area contributed by atoms with Crippen molar-refractivity contribution in [2.75, 3.05) is 31.9 Å². The van der Waals surface area contributed by atoms with E-state index in [1.54, 1.807) is 0 Å². The van der Waals surface area contributed by atoms with E-state index in [0.29, 0.717) is 13.1 Å². The first-order chi connectivity index (χ1) is 9.40. The number of nitrogen functional groups attached to an aromatic ring is 1. The van der Waals surface area contributed by atoms with Gasteiger partial charge in [0, 0.05) is 24.3 Å². The lowest BCUT2D eigenvalue weighted by molar-refractivity contribution is 0.344. The summed E-state index contributed by atoms with van der Waals surface area (Å²) in [7, 11) is -3.71. The summed E-state index contributed by atoms with van der Waals surface area (Å²) in [5.74, 6) is -0.607. The number of nitrogens with two attached hydrogens (primary N) is 1. The second-order valence-electron chi connectivity index (χ2n) is 5.07. The maximum Gasteiger partial charge on any atom is 0.240 e. The lowest BCUT2D eigenvalue weighted by atomic mass is 10.2. The van der Waals surface area contributed by atoms with Crippen LogP contribution in [0.2, 0.25) is 0 Å². The average molecular weight is 301 g/mol. The van der Waals surface area contributed by atoms with Crippen molar-refractivity contribution in [2.45, 2.75) is 24.7 Å². The van der Waals surface area contributed by atoms with Crippen molar-refractivity contribution in [3.8, 4) is 0 Å². The first-order valence-electron chi connectivity index (χ1n) is 6.68. The van der Waals surface area contributed by atoms with Gasteiger partial charge in [0.15, 0.2) is 0 Å². The molecule has 1 aromatic carbocycles. The first-order valence-corrected chi connectivity index (χ1v) is 8.16. The summed E-state index contributed by atoms with van der Waals surface area (Å²) in [5, 5.41) is 0. The predicted octanol–water partition coefficient (Wildman–Crippen LogP) is 1.09. The van der Waals surface area contributed by atoms with Crippen molar-refractivity contribution < 1.29 is 12.8 Å². The second kappa shape index (κ2) is 6.07. The van der Waals surface area contributed by atoms with Gasteiger partial charge in [0.05, 0.1) is 4.90 Å². The van der Waals surface area contributed by atoms with E-state index in [-0.39, 0.29) is 16.1 Å². The number of likely N-dealkylation sites (tertiary alicyclic amines) is 1. The van der Waals surface area contributed by atoms with Gasteiger partial charge in [-0.1, -0.05) is 0 Å². The smallest absolute Gasteiger partial charge is 0.240 e. The van der Waals surface area contributed by atoms with Gasteiger partial charge in [0.1, 0.15) is 5.82 Å². The zero-order chi connectivity index (χ0) is 14.8. The third-order valence-corrected chi connectivity index (χ3v) is 5.03. The highest BCUT2D eigenvalue weighted by molar-refractivity contribution is 7.89. The maximum atomic E-state index is 13.6. The fraction of sp³-hybridized carbons (Fsp3) is 0.538. The highest BCUT2D eigenvalue weighted by atomic mass is 32.2. The second-order valence-corrected chi connectivity index (χ2v) is 6.83. The van der Waals surface area contributed by atoms with E-state index in [2.05, 4.69) is 9.62 Å². The van der Waals surface area contributed by atoms with Crippen LogP contribution in [0.3, 0.4) is 0 Å². The summed E-state index contributed by atoms with van der Waals surface area (Å²) >= 11 is 0. The molecule has 0 bridgehead atoms. The molecule has 1 aromatic rings. The van der Waals surface area contributed by atoms with Gasteiger partial charge in [-0.15, -0.1) is 0 Å². The SMILES string of the molecule is Cc1c(N)cc(S(=O)(=O)NCCN2CCCC2)cc1F. The molecule has 112 valence electrons. The molecule has 0 unspecified atom stereocenters. The average Bonchev–Trinajstić information content (AvgIpc) is 2.88. The quantitative estimate of drug-likeness (QED) is 0.798. The Hall–Kier alpha value is -1.18. The molecule has 0 spiro atoms. The predicted molar refractivity (Wildman–Crippen MR) is 76.4 cm³/mol. The number of nitrogens with zero attached hydrogens (tertiary/aromatic N) is 1. The molecule has 0 aliphatic carbocycles. The van der Waals surface area contributed by atoms with Crippen molar-refractivity contribution in [3.63, 3.8) is 0 Å². The van der Waals surface area contributed by atoms with Crippen LogP contribution in [0.15, 0.2) is 17.0 Å². The number of nitrogens with one attached hydrogen (secondary N) is 1. The number of sulfonamides is 1. The Morgan fingerprint density at radius 1 is 1.35 bits per heavy atom. The van der Waals surface area contributed by atoms with Crippen molar-refractivity contribution in [3.05, 3.63) is 23.5 Å². The van der Waals surface area contributed by atoms with E-state index in [9.17, 15) is 12.8 Å². The normalized spacial score (nSPS) is 16.7. The Kier molecular flexibility index (Phi) is 4.62. The molecular weight excluding hydrogens is 281 g/mol. The fourth-order valence-electron chi connectivity index (χ4n) is 2.26. The van der Waals surface area contributed by atoms with Gasteiger partial charge >= 0.3 is 0 Å². The summed E-state index contributed by atoms with van der Waals surface area (Å²) in [6, 6.07) is 2.29. The summed E-state index contributed by atoms with van der Waals surface area (Å²) in [6.07, 6.45) is 2.32. The van der Waals surface area contributed by atoms with Crippen LogP contribution in [0.5, 0.6) is 0 Å². The summed E-state index contributed by atoms with van der Waals surface area (Å²) < 4.78 is 40.2. The minimum Gasteiger partial charge on any atom is -0.398 e. The standard InChI is InChI=1S/C13H20FN3O2S/c1-10-12(14)8-11(9-13(10)15)20(18,19)16-4-7-17-5-2-3-6-17/h8-9,16H,2-7,15H2,1H3. The van der Waals surface area contributed by atoms with Gasteiger partial charge in [-0.25, -0.2) is 17.5 Å². The molecule has 0 atom stereocenters. The fourth-order valence-corrected chi connectivity index (χ4v) is 3.32. The molecule has 1 aliphatic heterocycles. The number of rotatable bonds is 5. The van der Waals surface area contributed by atoms with Crippen LogP contribution in [0.25, 0.3) is 0 Å². The molecule has 20 heavy (non-hydrogen) atoms. The molecule has 5 nitrogen and oxygen atoms in total. The molecule has 7 heteroatoms. The van der Waals surface area contributed by atoms with Gasteiger partial charge in [-0.3, -0.25) is 0 Å². The molecule has 0 amide bonds. The van der Waals surface area contributed by atoms with Crippen LogP contribution in [-0.4, -0.2) is 39.5 Å². The summed E-state index contributed by atoms with van der Waals surface area (Å²) in [4.78, 5) is 2.08. The number of halogens is 1. The number of anilines is 1. The van der Waals surface area contributed by atoms with Crippen LogP contribution in [0.1, 0.15) is 18.4 Å². The molecular formula is C13H20FN3O2S. The largest absolute Gasteiger partial charge is 0.398 e. The molecule has 2 rings (SSSR count). The van der Waals surface area contributed by atoms with Gasteiger partial charge in [-0.05, 0) is 45.0 Å². The van der Waals surface area contributed by atoms with Gasteiger partial charge in [0.2, 0.25) is 10.0 Å². The zero-order valence-electron chi connectivity index (χ0n) is 11.5. The van der Waals surface area contributed by atoms with E-state index >= 15 is 0 Å². The van der Waals surface area contributed by atoms with E-state index in [4.69, 9.17) is 5.73 Å². The van der Waals surface area contributed by atoms with E-state index in [1.807, 2.05) is 0 Å². The summed E-state index contributed by atoms with van der Waals surface area (Å²) in [5.41, 5.74) is 6.01. The van der Waals surface area contributed by atoms with Crippen molar-refractivity contribution in [2.24, 2.45) is 0 Å². The molecule has 1 heterocycles. The Balaban J connectivity index is 2.02. The topological polar surface area (TPSA) is 75.4 Å². The molecule has 1 aliphatic rings. The number of benzene rings is 1. The van der Waals surface area contributed by atoms with Crippen LogP contribution in [-0.2, 0) is 10.0 Å². The van der Waals surface area contributed by atoms with Crippen LogP contribution in [0, 0.1) is 12.7 Å². The van der Waals surface area contributed by atoms with Crippen LogP contribution < -0.4 is 10.5 Å². The minimum atomic E-state index is -3.71. The van der Waals surface area contributed by atoms with Gasteiger partial charge in [-0.2, -0.15) is 0 Å². The van der Waals surface area contributed by atoms with Crippen LogP contribution in [0.4, 0.5) is 10.1 Å². The third kappa shape index (κ3) is 3.47. The Labute approximate surface area is 119 Å².